The number of hydrogen-bond donors (Lipinski definition) is 2. The Balaban J connectivity index is 1.31. The van der Waals surface area contributed by atoms with E-state index in [2.05, 4.69) is 15.6 Å². The van der Waals surface area contributed by atoms with E-state index < -0.39 is 0 Å². The number of anilines is 1. The fourth-order valence-corrected chi connectivity index (χ4v) is 3.63. The minimum Gasteiger partial charge on any atom is -0.352 e. The molecule has 156 valence electrons. The third-order valence-electron chi connectivity index (χ3n) is 4.61. The molecule has 0 bridgehead atoms. The minimum absolute atomic E-state index is 0.191. The molecule has 0 aliphatic heterocycles. The fourth-order valence-electron chi connectivity index (χ4n) is 3.11. The third-order valence-corrected chi connectivity index (χ3v) is 5.05. The van der Waals surface area contributed by atoms with E-state index in [0.717, 1.165) is 11.3 Å². The number of nitrogens with one attached hydrogen (secondary N) is 2. The Labute approximate surface area is 188 Å². The van der Waals surface area contributed by atoms with Gasteiger partial charge in [-0.05, 0) is 54.6 Å². The van der Waals surface area contributed by atoms with Gasteiger partial charge in [-0.3, -0.25) is 9.59 Å². The first-order valence-corrected chi connectivity index (χ1v) is 10.3. The predicted octanol–water partition coefficient (Wildman–Crippen LogP) is 4.87. The van der Waals surface area contributed by atoms with Gasteiger partial charge in [0.1, 0.15) is 5.65 Å². The molecular weight excluding hydrogens is 435 g/mol. The van der Waals surface area contributed by atoms with Crippen molar-refractivity contribution in [3.8, 4) is 0 Å². The summed E-state index contributed by atoms with van der Waals surface area (Å²) >= 11 is 11.9. The Hall–Kier alpha value is -3.35. The monoisotopic (exact) mass is 452 g/mol. The summed E-state index contributed by atoms with van der Waals surface area (Å²) in [5, 5.41) is 6.41. The standard InChI is InChI=1S/C23H18Cl2N4O2/c24-17-11-16(12-18(25)13-17)23(31)28-19-6-4-15(5-7-19)22(30)26-9-8-20-14-29-10-2-1-3-21(29)27-20/h1-7,10-14H,8-9H2,(H,26,30)(H,28,31). The third kappa shape index (κ3) is 5.23. The second-order valence-corrected chi connectivity index (χ2v) is 7.77. The second-order valence-electron chi connectivity index (χ2n) is 6.89. The molecule has 0 radical (unpaired) electrons. The zero-order valence-electron chi connectivity index (χ0n) is 16.3. The quantitative estimate of drug-likeness (QED) is 0.438. The number of carbonyl (C=O) groups is 2. The van der Waals surface area contributed by atoms with Gasteiger partial charge in [0.2, 0.25) is 0 Å². The van der Waals surface area contributed by atoms with Crippen LogP contribution in [0.1, 0.15) is 26.4 Å². The molecule has 31 heavy (non-hydrogen) atoms. The van der Waals surface area contributed by atoms with Crippen LogP contribution < -0.4 is 10.6 Å². The van der Waals surface area contributed by atoms with E-state index in [1.807, 2.05) is 35.0 Å². The molecule has 0 aliphatic rings. The molecule has 2 amide bonds. The number of carbonyl (C=O) groups excluding carboxylic acids is 2. The van der Waals surface area contributed by atoms with Crippen molar-refractivity contribution in [1.82, 2.24) is 14.7 Å². The van der Waals surface area contributed by atoms with Gasteiger partial charge in [-0.1, -0.05) is 29.3 Å². The molecule has 0 saturated heterocycles. The number of amides is 2. The van der Waals surface area contributed by atoms with Gasteiger partial charge in [0, 0.05) is 52.2 Å². The lowest BCUT2D eigenvalue weighted by atomic mass is 10.1. The van der Waals surface area contributed by atoms with Crippen molar-refractivity contribution in [2.24, 2.45) is 0 Å². The molecular formula is C23H18Cl2N4O2. The van der Waals surface area contributed by atoms with Crippen LogP contribution in [0.25, 0.3) is 5.65 Å². The van der Waals surface area contributed by atoms with Crippen molar-refractivity contribution in [3.05, 3.63) is 99.9 Å². The van der Waals surface area contributed by atoms with Crippen molar-refractivity contribution < 1.29 is 9.59 Å². The molecule has 0 saturated carbocycles. The van der Waals surface area contributed by atoms with E-state index in [1.165, 1.54) is 12.1 Å². The SMILES string of the molecule is O=C(NCCc1cn2ccccc2n1)c1ccc(NC(=O)c2cc(Cl)cc(Cl)c2)cc1. The average molecular weight is 453 g/mol. The summed E-state index contributed by atoms with van der Waals surface area (Å²) in [6.45, 7) is 0.469. The molecule has 4 rings (SSSR count). The topological polar surface area (TPSA) is 75.5 Å². The molecule has 4 aromatic rings. The van der Waals surface area contributed by atoms with Crippen molar-refractivity contribution in [2.45, 2.75) is 6.42 Å². The zero-order chi connectivity index (χ0) is 21.8. The fraction of sp³-hybridized carbons (Fsp3) is 0.0870. The molecule has 0 atom stereocenters. The molecule has 0 aliphatic carbocycles. The van der Waals surface area contributed by atoms with Crippen LogP contribution in [-0.4, -0.2) is 27.7 Å². The maximum absolute atomic E-state index is 12.4. The van der Waals surface area contributed by atoms with E-state index in [4.69, 9.17) is 23.2 Å². The molecule has 0 unspecified atom stereocenters. The highest BCUT2D eigenvalue weighted by Gasteiger charge is 2.10. The van der Waals surface area contributed by atoms with E-state index >= 15 is 0 Å². The molecule has 2 aromatic heterocycles. The van der Waals surface area contributed by atoms with Crippen LogP contribution in [0, 0.1) is 0 Å². The van der Waals surface area contributed by atoms with E-state index in [1.54, 1.807) is 30.3 Å². The number of benzene rings is 2. The lowest BCUT2D eigenvalue weighted by Gasteiger charge is -2.08. The second kappa shape index (κ2) is 9.20. The highest BCUT2D eigenvalue weighted by molar-refractivity contribution is 6.35. The number of halogens is 2. The zero-order valence-corrected chi connectivity index (χ0v) is 17.8. The maximum atomic E-state index is 12.4. The Kier molecular flexibility index (Phi) is 6.21. The molecule has 2 heterocycles. The van der Waals surface area contributed by atoms with Crippen LogP contribution in [0.3, 0.4) is 0 Å². The minimum atomic E-state index is -0.339. The Morgan fingerprint density at radius 2 is 1.65 bits per heavy atom. The number of imidazole rings is 1. The Morgan fingerprint density at radius 3 is 2.35 bits per heavy atom. The summed E-state index contributed by atoms with van der Waals surface area (Å²) in [5.41, 5.74) is 3.19. The van der Waals surface area contributed by atoms with Crippen LogP contribution in [0.5, 0.6) is 0 Å². The molecule has 2 aromatic carbocycles. The number of aromatic nitrogens is 2. The van der Waals surface area contributed by atoms with Gasteiger partial charge in [0.05, 0.1) is 5.69 Å². The first kappa shape index (κ1) is 20.9. The van der Waals surface area contributed by atoms with E-state index in [0.29, 0.717) is 39.8 Å². The van der Waals surface area contributed by atoms with Gasteiger partial charge < -0.3 is 15.0 Å². The molecule has 8 heteroatoms. The highest BCUT2D eigenvalue weighted by atomic mass is 35.5. The summed E-state index contributed by atoms with van der Waals surface area (Å²) in [6, 6.07) is 17.1. The van der Waals surface area contributed by atoms with Gasteiger partial charge in [0.25, 0.3) is 11.8 Å². The maximum Gasteiger partial charge on any atom is 0.255 e. The Bertz CT molecular complexity index is 1200. The Morgan fingerprint density at radius 1 is 0.903 bits per heavy atom. The van der Waals surface area contributed by atoms with Crippen LogP contribution in [-0.2, 0) is 6.42 Å². The predicted molar refractivity (Wildman–Crippen MR) is 122 cm³/mol. The first-order chi connectivity index (χ1) is 15.0. The van der Waals surface area contributed by atoms with Gasteiger partial charge in [-0.2, -0.15) is 0 Å². The number of fused-ring (bicyclic) bond motifs is 1. The molecule has 6 nitrogen and oxygen atoms in total. The smallest absolute Gasteiger partial charge is 0.255 e. The summed E-state index contributed by atoms with van der Waals surface area (Å²) in [5.74, 6) is -0.530. The first-order valence-electron chi connectivity index (χ1n) is 9.56. The van der Waals surface area contributed by atoms with Crippen LogP contribution in [0.15, 0.2) is 73.1 Å². The summed E-state index contributed by atoms with van der Waals surface area (Å²) < 4.78 is 1.95. The lowest BCUT2D eigenvalue weighted by molar-refractivity contribution is 0.0953. The average Bonchev–Trinajstić information content (AvgIpc) is 3.16. The van der Waals surface area contributed by atoms with Crippen molar-refractivity contribution in [3.63, 3.8) is 0 Å². The molecule has 0 spiro atoms. The van der Waals surface area contributed by atoms with Gasteiger partial charge in [-0.15, -0.1) is 0 Å². The number of pyridine rings is 1. The van der Waals surface area contributed by atoms with Gasteiger partial charge in [0.15, 0.2) is 0 Å². The number of nitrogens with zero attached hydrogens (tertiary/aromatic N) is 2. The highest BCUT2D eigenvalue weighted by Crippen LogP contribution is 2.20. The summed E-state index contributed by atoms with van der Waals surface area (Å²) in [6.07, 6.45) is 4.52. The van der Waals surface area contributed by atoms with Crippen LogP contribution >= 0.6 is 23.2 Å². The van der Waals surface area contributed by atoms with Crippen molar-refractivity contribution in [1.29, 1.82) is 0 Å². The normalized spacial score (nSPS) is 10.8. The summed E-state index contributed by atoms with van der Waals surface area (Å²) in [7, 11) is 0. The van der Waals surface area contributed by atoms with E-state index in [-0.39, 0.29) is 11.8 Å². The lowest BCUT2D eigenvalue weighted by Crippen LogP contribution is -2.25. The number of rotatable bonds is 6. The van der Waals surface area contributed by atoms with Crippen molar-refractivity contribution in [2.75, 3.05) is 11.9 Å². The molecule has 2 N–H and O–H groups in total. The number of hydrogen-bond acceptors (Lipinski definition) is 3. The summed E-state index contributed by atoms with van der Waals surface area (Å²) in [4.78, 5) is 29.3. The van der Waals surface area contributed by atoms with Gasteiger partial charge >= 0.3 is 0 Å². The molecule has 0 fully saturated rings. The van der Waals surface area contributed by atoms with E-state index in [9.17, 15) is 9.59 Å². The van der Waals surface area contributed by atoms with Crippen LogP contribution in [0.2, 0.25) is 10.0 Å². The van der Waals surface area contributed by atoms with Crippen molar-refractivity contribution >= 4 is 46.4 Å². The largest absolute Gasteiger partial charge is 0.352 e. The van der Waals surface area contributed by atoms with Crippen LogP contribution in [0.4, 0.5) is 5.69 Å². The van der Waals surface area contributed by atoms with Gasteiger partial charge in [-0.25, -0.2) is 4.98 Å².